The highest BCUT2D eigenvalue weighted by atomic mass is 32.1. The molecule has 0 amide bonds. The summed E-state index contributed by atoms with van der Waals surface area (Å²) in [5.41, 5.74) is 0.769. The molecule has 4 nitrogen and oxygen atoms in total. The molecule has 4 rings (SSSR count). The molecule has 0 saturated heterocycles. The number of aryl methyl sites for hydroxylation is 2. The fourth-order valence-electron chi connectivity index (χ4n) is 5.06. The van der Waals surface area contributed by atoms with Gasteiger partial charge in [0.1, 0.15) is 0 Å². The number of nitrogens with zero attached hydrogens (tertiary/aromatic N) is 2. The molecule has 2 aliphatic carbocycles. The molecule has 2 saturated carbocycles. The van der Waals surface area contributed by atoms with Crippen LogP contribution < -0.4 is 0 Å². The van der Waals surface area contributed by atoms with Crippen molar-refractivity contribution in [2.45, 2.75) is 102 Å². The Bertz CT molecular complexity index is 1120. The normalized spacial score (nSPS) is 25.2. The van der Waals surface area contributed by atoms with E-state index < -0.39 is 36.5 Å². The van der Waals surface area contributed by atoms with Gasteiger partial charge < -0.3 is 5.11 Å². The Hall–Kier alpha value is -1.74. The van der Waals surface area contributed by atoms with E-state index in [9.17, 15) is 49.4 Å². The maximum absolute atomic E-state index is 12.6. The molecule has 2 fully saturated rings. The van der Waals surface area contributed by atoms with Crippen molar-refractivity contribution in [3.63, 3.8) is 0 Å². The Balaban J connectivity index is 0.000000225. The van der Waals surface area contributed by atoms with Gasteiger partial charge in [0, 0.05) is 11.8 Å². The smallest absolute Gasteiger partial charge is 0.379 e. The van der Waals surface area contributed by atoms with E-state index in [0.717, 1.165) is 22.6 Å². The van der Waals surface area contributed by atoms with E-state index in [1.807, 2.05) is 0 Å². The monoisotopic (exact) mass is 624 g/mol. The fraction of sp³-hybridized carbons (Fsp3) is 0.720. The van der Waals surface area contributed by atoms with Crippen molar-refractivity contribution in [3.8, 4) is 0 Å². The lowest BCUT2D eigenvalue weighted by molar-refractivity contribution is -0.205. The third kappa shape index (κ3) is 8.17. The van der Waals surface area contributed by atoms with Crippen LogP contribution in [0.3, 0.4) is 0 Å². The minimum absolute atomic E-state index is 0.0377. The topological polar surface area (TPSA) is 63.1 Å². The predicted octanol–water partition coefficient (Wildman–Crippen LogP) is 8.98. The molecule has 0 aliphatic heterocycles. The quantitative estimate of drug-likeness (QED) is 0.273. The van der Waals surface area contributed by atoms with Crippen LogP contribution in [-0.2, 0) is 0 Å². The van der Waals surface area contributed by atoms with Gasteiger partial charge in [0.25, 0.3) is 0 Å². The molecule has 0 radical (unpaired) electrons. The van der Waals surface area contributed by atoms with Crippen LogP contribution >= 0.6 is 22.7 Å². The first kappa shape index (κ1) is 32.8. The van der Waals surface area contributed by atoms with Crippen LogP contribution in [0.2, 0.25) is 0 Å². The number of aldehydes is 1. The van der Waals surface area contributed by atoms with Crippen LogP contribution in [0.5, 0.6) is 0 Å². The van der Waals surface area contributed by atoms with Crippen LogP contribution in [0.25, 0.3) is 0 Å². The van der Waals surface area contributed by atoms with Gasteiger partial charge in [-0.05, 0) is 65.2 Å². The molecule has 1 unspecified atom stereocenters. The number of hydrogen-bond acceptors (Lipinski definition) is 6. The minimum atomic E-state index is -4.78. The first-order valence-corrected chi connectivity index (χ1v) is 14.3. The molecule has 0 aromatic carbocycles. The second-order valence-corrected chi connectivity index (χ2v) is 12.4. The maximum atomic E-state index is 12.6. The summed E-state index contributed by atoms with van der Waals surface area (Å²) >= 11 is 2.06. The Morgan fingerprint density at radius 2 is 1.12 bits per heavy atom. The number of halogens is 9. The Morgan fingerprint density at radius 1 is 0.725 bits per heavy atom. The van der Waals surface area contributed by atoms with Crippen molar-refractivity contribution >= 4 is 29.0 Å². The number of aromatic nitrogens is 2. The van der Waals surface area contributed by atoms with Gasteiger partial charge in [0.05, 0.1) is 43.0 Å². The molecule has 2 heterocycles. The standard InChI is InChI=1S/C13H15F6NOS.C12H14F3NOS/c1-6-9(10(21)13(17,18)19)22-11(20-6)7-2-4-8(5-3-7)12(14,15)16;1-7-10(6-17)18-11(16-7)8-2-4-9(5-3-8)12(13,14)15/h7-8,10,21H,2-5H2,1H3;6,8-9H,2-5H2,1H3. The van der Waals surface area contributed by atoms with Gasteiger partial charge in [-0.25, -0.2) is 9.97 Å². The van der Waals surface area contributed by atoms with Gasteiger partial charge in [-0.1, -0.05) is 0 Å². The number of hydrogen-bond donors (Lipinski definition) is 1. The van der Waals surface area contributed by atoms with Gasteiger partial charge in [-0.15, -0.1) is 22.7 Å². The van der Waals surface area contributed by atoms with Crippen molar-refractivity contribution < 1.29 is 49.4 Å². The van der Waals surface area contributed by atoms with E-state index in [0.29, 0.717) is 28.4 Å². The van der Waals surface area contributed by atoms with Crippen molar-refractivity contribution in [2.75, 3.05) is 0 Å². The number of rotatable bonds is 4. The Kier molecular flexibility index (Phi) is 10.4. The highest BCUT2D eigenvalue weighted by molar-refractivity contribution is 7.13. The second kappa shape index (κ2) is 12.6. The molecule has 226 valence electrons. The molecule has 2 aromatic heterocycles. The van der Waals surface area contributed by atoms with Crippen LogP contribution in [0.15, 0.2) is 0 Å². The largest absolute Gasteiger partial charge is 0.419 e. The van der Waals surface area contributed by atoms with Gasteiger partial charge in [0.15, 0.2) is 12.4 Å². The number of alkyl halides is 9. The van der Waals surface area contributed by atoms with E-state index in [-0.39, 0.29) is 60.9 Å². The third-order valence-electron chi connectivity index (χ3n) is 7.44. The van der Waals surface area contributed by atoms with Crippen molar-refractivity contribution in [2.24, 2.45) is 11.8 Å². The Labute approximate surface area is 233 Å². The molecule has 1 N–H and O–H groups in total. The van der Waals surface area contributed by atoms with E-state index in [2.05, 4.69) is 9.97 Å². The van der Waals surface area contributed by atoms with E-state index in [1.165, 1.54) is 18.3 Å². The fourth-order valence-corrected chi connectivity index (χ4v) is 7.36. The minimum Gasteiger partial charge on any atom is -0.379 e. The zero-order chi connectivity index (χ0) is 30.0. The summed E-state index contributed by atoms with van der Waals surface area (Å²) in [4.78, 5) is 19.4. The predicted molar refractivity (Wildman–Crippen MR) is 132 cm³/mol. The molecule has 0 spiro atoms. The molecule has 0 bridgehead atoms. The summed E-state index contributed by atoms with van der Waals surface area (Å²) in [5, 5.41) is 10.5. The third-order valence-corrected chi connectivity index (χ3v) is 10.1. The van der Waals surface area contributed by atoms with Crippen molar-refractivity contribution in [1.82, 2.24) is 9.97 Å². The lowest BCUT2D eigenvalue weighted by Crippen LogP contribution is -2.27. The number of carbonyl (C=O) groups is 1. The van der Waals surface area contributed by atoms with Crippen LogP contribution in [0, 0.1) is 25.7 Å². The Morgan fingerprint density at radius 3 is 1.48 bits per heavy atom. The SMILES string of the molecule is Cc1nc(C2CCC(C(F)(F)F)CC2)sc1C(O)C(F)(F)F.Cc1nc(C2CCC(C(F)(F)F)CC2)sc1C=O. The maximum Gasteiger partial charge on any atom is 0.419 e. The average Bonchev–Trinajstić information content (AvgIpc) is 3.44. The summed E-state index contributed by atoms with van der Waals surface area (Å²) in [6.07, 6.45) is -13.1. The number of thiazole rings is 2. The average molecular weight is 625 g/mol. The van der Waals surface area contributed by atoms with Crippen molar-refractivity contribution in [3.05, 3.63) is 31.2 Å². The highest BCUT2D eigenvalue weighted by Gasteiger charge is 2.44. The first-order chi connectivity index (χ1) is 18.4. The molecule has 2 aliphatic rings. The summed E-state index contributed by atoms with van der Waals surface area (Å²) < 4.78 is 113. The van der Waals surface area contributed by atoms with E-state index in [1.54, 1.807) is 6.92 Å². The molecule has 1 atom stereocenters. The molecule has 40 heavy (non-hydrogen) atoms. The molecule has 15 heteroatoms. The summed E-state index contributed by atoms with van der Waals surface area (Å²) in [6.45, 7) is 3.12. The van der Waals surface area contributed by atoms with Crippen LogP contribution in [0.4, 0.5) is 39.5 Å². The number of carbonyl (C=O) groups excluding carboxylic acids is 1. The number of aliphatic hydroxyl groups excluding tert-OH is 1. The lowest BCUT2D eigenvalue weighted by Gasteiger charge is -2.28. The lowest BCUT2D eigenvalue weighted by atomic mass is 9.82. The van der Waals surface area contributed by atoms with Crippen LogP contribution in [-0.4, -0.2) is 39.9 Å². The summed E-state index contributed by atoms with van der Waals surface area (Å²) in [6, 6.07) is 0. The van der Waals surface area contributed by atoms with Gasteiger partial charge >= 0.3 is 18.5 Å². The van der Waals surface area contributed by atoms with Gasteiger partial charge in [-0.3, -0.25) is 4.79 Å². The first-order valence-electron chi connectivity index (χ1n) is 12.7. The van der Waals surface area contributed by atoms with Gasteiger partial charge in [0.2, 0.25) is 0 Å². The molecular weight excluding hydrogens is 595 g/mol. The van der Waals surface area contributed by atoms with Crippen LogP contribution in [0.1, 0.15) is 105 Å². The summed E-state index contributed by atoms with van der Waals surface area (Å²) in [5.74, 6) is -2.69. The molecule has 2 aromatic rings. The molecular formula is C25H29F9N2O2S2. The van der Waals surface area contributed by atoms with Crippen molar-refractivity contribution in [1.29, 1.82) is 0 Å². The number of aliphatic hydroxyl groups is 1. The highest BCUT2D eigenvalue weighted by Crippen LogP contribution is 2.46. The van der Waals surface area contributed by atoms with E-state index >= 15 is 0 Å². The zero-order valence-corrected chi connectivity index (χ0v) is 23.2. The zero-order valence-electron chi connectivity index (χ0n) is 21.6. The summed E-state index contributed by atoms with van der Waals surface area (Å²) in [7, 11) is 0. The van der Waals surface area contributed by atoms with Gasteiger partial charge in [-0.2, -0.15) is 39.5 Å². The second-order valence-electron chi connectivity index (χ2n) is 10.2. The van der Waals surface area contributed by atoms with E-state index in [4.69, 9.17) is 0 Å².